The van der Waals surface area contributed by atoms with Crippen molar-refractivity contribution < 1.29 is 9.13 Å². The maximum Gasteiger partial charge on any atom is 0.255 e. The van der Waals surface area contributed by atoms with Crippen molar-refractivity contribution in [2.45, 2.75) is 6.92 Å². The van der Waals surface area contributed by atoms with Crippen molar-refractivity contribution in [2.24, 2.45) is 0 Å². The Kier molecular flexibility index (Phi) is 3.81. The van der Waals surface area contributed by atoms with Crippen molar-refractivity contribution in [2.75, 3.05) is 26.1 Å². The molecule has 0 aliphatic rings. The number of hydrogen-bond donors (Lipinski definition) is 0. The second-order valence-corrected chi connectivity index (χ2v) is 5.63. The smallest absolute Gasteiger partial charge is 0.255 e. The summed E-state index contributed by atoms with van der Waals surface area (Å²) in [5, 5.41) is 4.32. The highest BCUT2D eigenvalue weighted by molar-refractivity contribution is 6.33. The van der Waals surface area contributed by atoms with Crippen molar-refractivity contribution in [3.63, 3.8) is 0 Å². The van der Waals surface area contributed by atoms with Crippen molar-refractivity contribution in [1.29, 1.82) is 0 Å². The third kappa shape index (κ3) is 2.46. The van der Waals surface area contributed by atoms with Gasteiger partial charge in [-0.25, -0.2) is 4.39 Å². The summed E-state index contributed by atoms with van der Waals surface area (Å²) >= 11 is 6.34. The van der Waals surface area contributed by atoms with Gasteiger partial charge in [-0.15, -0.1) is 0 Å². The van der Waals surface area contributed by atoms with E-state index < -0.39 is 5.82 Å². The second-order valence-electron chi connectivity index (χ2n) is 5.27. The van der Waals surface area contributed by atoms with Crippen molar-refractivity contribution in [1.82, 2.24) is 19.6 Å². The molecule has 0 spiro atoms. The summed E-state index contributed by atoms with van der Waals surface area (Å²) in [4.78, 5) is 10.1. The van der Waals surface area contributed by atoms with E-state index in [1.165, 1.54) is 24.0 Å². The standard InChI is InChI=1S/C15H15ClFN5O/c1-8-5-9(23-4)6-10(17)11(8)12-13(16)20-15-18-7-19-22(15)14(12)21(2)3/h5-7H,1-4H3. The van der Waals surface area contributed by atoms with E-state index in [0.29, 0.717) is 34.0 Å². The Morgan fingerprint density at radius 3 is 2.61 bits per heavy atom. The van der Waals surface area contributed by atoms with Crippen LogP contribution >= 0.6 is 11.6 Å². The van der Waals surface area contributed by atoms with E-state index in [9.17, 15) is 4.39 Å². The molecule has 0 fully saturated rings. The van der Waals surface area contributed by atoms with Gasteiger partial charge >= 0.3 is 0 Å². The molecule has 2 aromatic heterocycles. The minimum absolute atomic E-state index is 0.168. The summed E-state index contributed by atoms with van der Waals surface area (Å²) < 4.78 is 21.3. The normalized spacial score (nSPS) is 11.0. The second kappa shape index (κ2) is 5.66. The Morgan fingerprint density at radius 2 is 2.00 bits per heavy atom. The SMILES string of the molecule is COc1cc(C)c(-c2c(Cl)nc3ncnn3c2N(C)C)c(F)c1. The molecule has 0 aliphatic carbocycles. The van der Waals surface area contributed by atoms with E-state index >= 15 is 0 Å². The Labute approximate surface area is 137 Å². The number of rotatable bonds is 3. The Balaban J connectivity index is 2.41. The zero-order valence-corrected chi connectivity index (χ0v) is 13.9. The minimum atomic E-state index is -0.437. The first-order valence-corrected chi connectivity index (χ1v) is 7.23. The highest BCUT2D eigenvalue weighted by atomic mass is 35.5. The molecule has 8 heteroatoms. The summed E-state index contributed by atoms with van der Waals surface area (Å²) in [5.74, 6) is 0.966. The molecule has 0 aliphatic heterocycles. The fourth-order valence-corrected chi connectivity index (χ4v) is 2.83. The maximum atomic E-state index is 14.7. The number of aryl methyl sites for hydroxylation is 1. The first-order chi connectivity index (χ1) is 10.9. The number of methoxy groups -OCH3 is 1. The molecular formula is C15H15ClFN5O. The van der Waals surface area contributed by atoms with Crippen LogP contribution in [0.1, 0.15) is 5.56 Å². The Morgan fingerprint density at radius 1 is 1.26 bits per heavy atom. The van der Waals surface area contributed by atoms with Gasteiger partial charge in [0.2, 0.25) is 0 Å². The molecule has 0 amide bonds. The van der Waals surface area contributed by atoms with Crippen LogP contribution in [-0.4, -0.2) is 40.8 Å². The summed E-state index contributed by atoms with van der Waals surface area (Å²) in [5.41, 5.74) is 1.52. The average Bonchev–Trinajstić information content (AvgIpc) is 2.93. The molecule has 0 saturated heterocycles. The Hall–Kier alpha value is -2.41. The molecular weight excluding hydrogens is 321 g/mol. The van der Waals surface area contributed by atoms with Gasteiger partial charge in [0.25, 0.3) is 5.78 Å². The lowest BCUT2D eigenvalue weighted by atomic mass is 10.0. The first-order valence-electron chi connectivity index (χ1n) is 6.85. The van der Waals surface area contributed by atoms with Crippen LogP contribution in [0.15, 0.2) is 18.5 Å². The molecule has 0 radical (unpaired) electrons. The molecule has 1 aromatic carbocycles. The topological polar surface area (TPSA) is 55.6 Å². The predicted molar refractivity (Wildman–Crippen MR) is 86.8 cm³/mol. The van der Waals surface area contributed by atoms with Crippen molar-refractivity contribution >= 4 is 23.2 Å². The van der Waals surface area contributed by atoms with Gasteiger partial charge in [-0.2, -0.15) is 19.6 Å². The van der Waals surface area contributed by atoms with Crippen LogP contribution < -0.4 is 9.64 Å². The molecule has 2 heterocycles. The zero-order valence-electron chi connectivity index (χ0n) is 13.1. The summed E-state index contributed by atoms with van der Waals surface area (Å²) in [6.07, 6.45) is 1.38. The molecule has 23 heavy (non-hydrogen) atoms. The number of hydrogen-bond acceptors (Lipinski definition) is 5. The lowest BCUT2D eigenvalue weighted by molar-refractivity contribution is 0.411. The number of benzene rings is 1. The van der Waals surface area contributed by atoms with Gasteiger partial charge in [0, 0.05) is 25.7 Å². The average molecular weight is 336 g/mol. The molecule has 3 rings (SSSR count). The van der Waals surface area contributed by atoms with Gasteiger partial charge in [0.1, 0.15) is 28.9 Å². The van der Waals surface area contributed by atoms with E-state index in [2.05, 4.69) is 15.1 Å². The number of halogens is 2. The van der Waals surface area contributed by atoms with Gasteiger partial charge in [0.15, 0.2) is 0 Å². The van der Waals surface area contributed by atoms with E-state index in [-0.39, 0.29) is 5.15 Å². The number of fused-ring (bicyclic) bond motifs is 1. The van der Waals surface area contributed by atoms with Gasteiger partial charge in [-0.3, -0.25) is 0 Å². The van der Waals surface area contributed by atoms with Crippen LogP contribution in [0.5, 0.6) is 5.75 Å². The van der Waals surface area contributed by atoms with Crippen LogP contribution in [0, 0.1) is 12.7 Å². The molecule has 3 aromatic rings. The van der Waals surface area contributed by atoms with Crippen LogP contribution in [0.3, 0.4) is 0 Å². The fraction of sp³-hybridized carbons (Fsp3) is 0.267. The van der Waals surface area contributed by atoms with Gasteiger partial charge < -0.3 is 9.64 Å². The highest BCUT2D eigenvalue weighted by Gasteiger charge is 2.23. The minimum Gasteiger partial charge on any atom is -0.497 e. The van der Waals surface area contributed by atoms with Crippen LogP contribution in [0.4, 0.5) is 10.2 Å². The third-order valence-corrected chi connectivity index (χ3v) is 3.80. The first kappa shape index (κ1) is 15.5. The van der Waals surface area contributed by atoms with Gasteiger partial charge in [-0.05, 0) is 18.6 Å². The fourth-order valence-electron chi connectivity index (χ4n) is 2.58. The Bertz CT molecular complexity index is 870. The van der Waals surface area contributed by atoms with Crippen LogP contribution in [-0.2, 0) is 0 Å². The van der Waals surface area contributed by atoms with Gasteiger partial charge in [-0.1, -0.05) is 11.6 Å². The quantitative estimate of drug-likeness (QED) is 0.689. The van der Waals surface area contributed by atoms with Crippen LogP contribution in [0.25, 0.3) is 16.9 Å². The molecule has 6 nitrogen and oxygen atoms in total. The summed E-state index contributed by atoms with van der Waals surface area (Å²) in [6, 6.07) is 3.07. The van der Waals surface area contributed by atoms with Crippen molar-refractivity contribution in [3.05, 3.63) is 35.0 Å². The van der Waals surface area contributed by atoms with Gasteiger partial charge in [0.05, 0.1) is 12.7 Å². The monoisotopic (exact) mass is 335 g/mol. The molecule has 0 atom stereocenters. The van der Waals surface area contributed by atoms with Crippen LogP contribution in [0.2, 0.25) is 5.15 Å². The molecule has 0 bridgehead atoms. The molecule has 0 unspecified atom stereocenters. The summed E-state index contributed by atoms with van der Waals surface area (Å²) in [6.45, 7) is 1.79. The van der Waals surface area contributed by atoms with E-state index in [4.69, 9.17) is 16.3 Å². The molecule has 0 saturated carbocycles. The number of ether oxygens (including phenoxy) is 1. The molecule has 0 N–H and O–H groups in total. The summed E-state index contributed by atoms with van der Waals surface area (Å²) in [7, 11) is 5.15. The van der Waals surface area contributed by atoms with E-state index in [1.807, 2.05) is 14.1 Å². The zero-order chi connectivity index (χ0) is 16.7. The number of aromatic nitrogens is 4. The van der Waals surface area contributed by atoms with E-state index in [0.717, 1.165) is 0 Å². The maximum absolute atomic E-state index is 14.7. The number of anilines is 1. The number of nitrogens with zero attached hydrogens (tertiary/aromatic N) is 5. The van der Waals surface area contributed by atoms with Crippen molar-refractivity contribution in [3.8, 4) is 16.9 Å². The third-order valence-electron chi connectivity index (χ3n) is 3.53. The molecule has 120 valence electrons. The predicted octanol–water partition coefficient (Wildman–Crippen LogP) is 2.97. The lowest BCUT2D eigenvalue weighted by Gasteiger charge is -2.20. The van der Waals surface area contributed by atoms with E-state index in [1.54, 1.807) is 17.9 Å². The largest absolute Gasteiger partial charge is 0.497 e. The highest BCUT2D eigenvalue weighted by Crippen LogP contribution is 2.39. The lowest BCUT2D eigenvalue weighted by Crippen LogP contribution is -2.17.